The highest BCUT2D eigenvalue weighted by Crippen LogP contribution is 2.43. The number of fused-ring (bicyclic) bond motifs is 1. The number of allylic oxidation sites excluding steroid dienone is 1. The molecule has 3 aromatic carbocycles. The van der Waals surface area contributed by atoms with Crippen molar-refractivity contribution in [1.29, 1.82) is 0 Å². The topological polar surface area (TPSA) is 195 Å². The SMILES string of the molecule is CN=S1(=O)CCN(CC[C@H](C)Nc2ccc(S(=O)(=O)NC(=O)c3ccc(N4CCN(CC5=C(c6ccc(Cl)cc6)CC(C)(C)CC5)CC4)cc3Oc3cnc4[nH]ccc4c3)cc2[N+](=O)[O-])CC1. The van der Waals surface area contributed by atoms with Crippen molar-refractivity contribution in [2.75, 3.05) is 81.1 Å². The number of nitrogens with zero attached hydrogens (tertiary/aromatic N) is 6. The summed E-state index contributed by atoms with van der Waals surface area (Å²) in [6.45, 7) is 12.5. The zero-order valence-electron chi connectivity index (χ0n) is 38.3. The number of halogens is 1. The Morgan fingerprint density at radius 1 is 1.01 bits per heavy atom. The number of H-pyrrole nitrogens is 1. The fraction of sp³-hybridized carbons (Fsp3) is 0.417. The molecule has 0 spiro atoms. The molecular weight excluding hydrogens is 914 g/mol. The van der Waals surface area contributed by atoms with Crippen LogP contribution in [0.15, 0.2) is 100 Å². The molecule has 3 aliphatic rings. The number of nitro groups is 1. The number of nitro benzene ring substituents is 1. The molecule has 3 N–H and O–H groups in total. The molecule has 19 heteroatoms. The zero-order valence-corrected chi connectivity index (χ0v) is 40.7. The highest BCUT2D eigenvalue weighted by Gasteiger charge is 2.31. The van der Waals surface area contributed by atoms with Crippen LogP contribution in [0.3, 0.4) is 0 Å². The summed E-state index contributed by atoms with van der Waals surface area (Å²) in [5.74, 6) is 0.504. The van der Waals surface area contributed by atoms with Gasteiger partial charge in [0.1, 0.15) is 22.8 Å². The molecule has 0 bridgehead atoms. The lowest BCUT2D eigenvalue weighted by Crippen LogP contribution is -2.47. The fourth-order valence-electron chi connectivity index (χ4n) is 9.05. The monoisotopic (exact) mass is 971 g/mol. The lowest BCUT2D eigenvalue weighted by Gasteiger charge is -2.39. The molecule has 4 heterocycles. The number of nitrogens with one attached hydrogen (secondary N) is 3. The quantitative estimate of drug-likeness (QED) is 0.0671. The van der Waals surface area contributed by atoms with Crippen LogP contribution >= 0.6 is 11.6 Å². The van der Waals surface area contributed by atoms with Crippen LogP contribution in [0.5, 0.6) is 11.5 Å². The minimum Gasteiger partial charge on any atom is -0.455 e. The zero-order chi connectivity index (χ0) is 47.5. The molecule has 1 atom stereocenters. The highest BCUT2D eigenvalue weighted by atomic mass is 35.5. The molecule has 8 rings (SSSR count). The number of hydrogen-bond acceptors (Lipinski definition) is 13. The number of hydrogen-bond donors (Lipinski definition) is 3. The standard InChI is InChI=1S/C48H58ClN9O7S2/c1-33(15-18-55-23-25-66(62,50-4)26-24-55)53-43-12-10-40(29-44(43)58(60)61)67(63,64)54-47(59)41-11-9-38(28-45(41)65-39-27-35-14-17-51-46(35)52-31-39)57-21-19-56(20-22-57)32-36-13-16-48(2,3)30-42(36)34-5-7-37(49)8-6-34/h5-12,14,17,27-29,31,33,53H,13,15-16,18-26,30,32H2,1-4H3,(H,51,52)(H,54,59)/t33-/m0/s1. The number of benzene rings is 3. The number of piperazine rings is 1. The van der Waals surface area contributed by atoms with E-state index in [0.717, 1.165) is 61.1 Å². The van der Waals surface area contributed by atoms with Gasteiger partial charge in [-0.25, -0.2) is 26.7 Å². The Kier molecular flexibility index (Phi) is 14.3. The van der Waals surface area contributed by atoms with Gasteiger partial charge in [-0.3, -0.25) is 19.8 Å². The molecule has 67 heavy (non-hydrogen) atoms. The largest absolute Gasteiger partial charge is 0.455 e. The predicted molar refractivity (Wildman–Crippen MR) is 265 cm³/mol. The third-order valence-electron chi connectivity index (χ3n) is 13.1. The van der Waals surface area contributed by atoms with Crippen LogP contribution in [0.25, 0.3) is 16.6 Å². The van der Waals surface area contributed by atoms with Gasteiger partial charge in [0.05, 0.1) is 21.6 Å². The number of pyridine rings is 1. The molecule has 356 valence electrons. The predicted octanol–water partition coefficient (Wildman–Crippen LogP) is 8.43. The molecule has 1 amide bonds. The van der Waals surface area contributed by atoms with Gasteiger partial charge in [-0.2, -0.15) is 0 Å². The molecule has 1 aliphatic carbocycles. The van der Waals surface area contributed by atoms with Crippen LogP contribution in [0.1, 0.15) is 62.4 Å². The van der Waals surface area contributed by atoms with Gasteiger partial charge in [-0.15, -0.1) is 0 Å². The number of ether oxygens (including phenoxy) is 1. The lowest BCUT2D eigenvalue weighted by molar-refractivity contribution is -0.384. The molecule has 0 unspecified atom stereocenters. The fourth-order valence-corrected chi connectivity index (χ4v) is 11.8. The van der Waals surface area contributed by atoms with Crippen LogP contribution in [-0.4, -0.2) is 120 Å². The maximum absolute atomic E-state index is 14.0. The molecule has 0 radical (unpaired) electrons. The first-order valence-corrected chi connectivity index (χ1v) is 26.3. The van der Waals surface area contributed by atoms with E-state index in [1.54, 1.807) is 31.4 Å². The maximum Gasteiger partial charge on any atom is 0.293 e. The summed E-state index contributed by atoms with van der Waals surface area (Å²) in [4.78, 5) is 39.6. The first-order valence-electron chi connectivity index (χ1n) is 22.6. The molecular formula is C48H58ClN9O7S2. The molecule has 5 aromatic rings. The van der Waals surface area contributed by atoms with E-state index < -0.39 is 41.2 Å². The summed E-state index contributed by atoms with van der Waals surface area (Å²) >= 11 is 6.25. The van der Waals surface area contributed by atoms with Crippen LogP contribution in [0, 0.1) is 15.5 Å². The smallest absolute Gasteiger partial charge is 0.293 e. The van der Waals surface area contributed by atoms with Gasteiger partial charge in [0.2, 0.25) is 0 Å². The Morgan fingerprint density at radius 3 is 2.48 bits per heavy atom. The van der Waals surface area contributed by atoms with Crippen molar-refractivity contribution in [3.63, 3.8) is 0 Å². The van der Waals surface area contributed by atoms with E-state index in [9.17, 15) is 27.5 Å². The van der Waals surface area contributed by atoms with Gasteiger partial charge >= 0.3 is 0 Å². The summed E-state index contributed by atoms with van der Waals surface area (Å²) in [7, 11) is -5.15. The van der Waals surface area contributed by atoms with Gasteiger partial charge < -0.3 is 24.8 Å². The number of sulfonamides is 1. The van der Waals surface area contributed by atoms with E-state index in [4.69, 9.17) is 16.3 Å². The molecule has 16 nitrogen and oxygen atoms in total. The van der Waals surface area contributed by atoms with Crippen molar-refractivity contribution in [3.05, 3.63) is 117 Å². The van der Waals surface area contributed by atoms with E-state index in [0.29, 0.717) is 62.0 Å². The second-order valence-electron chi connectivity index (χ2n) is 18.5. The van der Waals surface area contributed by atoms with Crippen LogP contribution < -0.4 is 19.7 Å². The summed E-state index contributed by atoms with van der Waals surface area (Å²) in [6.07, 6.45) is 7.08. The second kappa shape index (κ2) is 20.0. The number of amides is 1. The molecule has 2 aliphatic heterocycles. The third kappa shape index (κ3) is 11.6. The Morgan fingerprint density at radius 2 is 1.76 bits per heavy atom. The number of carbonyl (C=O) groups excluding carboxylic acids is 1. The third-order valence-corrected chi connectivity index (χ3v) is 17.0. The average Bonchev–Trinajstić information content (AvgIpc) is 3.78. The highest BCUT2D eigenvalue weighted by molar-refractivity contribution is 7.93. The molecule has 2 fully saturated rings. The minimum absolute atomic E-state index is 0.0521. The first kappa shape index (κ1) is 47.9. The molecule has 2 saturated heterocycles. The Bertz CT molecular complexity index is 2910. The van der Waals surface area contributed by atoms with Gasteiger partial charge in [0.15, 0.2) is 0 Å². The van der Waals surface area contributed by atoms with E-state index in [-0.39, 0.29) is 28.5 Å². The summed E-state index contributed by atoms with van der Waals surface area (Å²) in [6, 6.07) is 20.1. The number of aromatic nitrogens is 2. The second-order valence-corrected chi connectivity index (χ2v) is 23.3. The van der Waals surface area contributed by atoms with E-state index in [2.05, 4.69) is 65.0 Å². The number of aromatic amines is 1. The van der Waals surface area contributed by atoms with Crippen LogP contribution in [0.4, 0.5) is 17.1 Å². The van der Waals surface area contributed by atoms with Gasteiger partial charge in [0, 0.05) is 121 Å². The lowest BCUT2D eigenvalue weighted by atomic mass is 9.72. The molecule has 2 aromatic heterocycles. The van der Waals surface area contributed by atoms with Crippen molar-refractivity contribution >= 4 is 70.9 Å². The Balaban J connectivity index is 0.971. The summed E-state index contributed by atoms with van der Waals surface area (Å²) in [5.41, 5.74) is 5.40. The maximum atomic E-state index is 14.0. The van der Waals surface area contributed by atoms with Gasteiger partial charge in [-0.1, -0.05) is 43.2 Å². The van der Waals surface area contributed by atoms with Gasteiger partial charge in [-0.05, 0) is 97.7 Å². The van der Waals surface area contributed by atoms with E-state index in [1.807, 2.05) is 25.1 Å². The Labute approximate surface area is 397 Å². The normalized spacial score (nSPS) is 18.4. The van der Waals surface area contributed by atoms with Crippen molar-refractivity contribution in [3.8, 4) is 11.5 Å². The van der Waals surface area contributed by atoms with Crippen molar-refractivity contribution in [2.24, 2.45) is 9.78 Å². The average molecular weight is 973 g/mol. The van der Waals surface area contributed by atoms with Crippen molar-refractivity contribution < 1.29 is 27.1 Å². The number of carbonyl (C=O) groups is 1. The van der Waals surface area contributed by atoms with Crippen molar-refractivity contribution in [2.45, 2.75) is 57.4 Å². The van der Waals surface area contributed by atoms with Crippen LogP contribution in [-0.2, 0) is 19.8 Å². The van der Waals surface area contributed by atoms with E-state index >= 15 is 0 Å². The van der Waals surface area contributed by atoms with E-state index in [1.165, 1.54) is 41.1 Å². The number of anilines is 2. The summed E-state index contributed by atoms with van der Waals surface area (Å²) < 4.78 is 52.7. The van der Waals surface area contributed by atoms with Crippen LogP contribution in [0.2, 0.25) is 5.02 Å². The minimum atomic E-state index is -4.60. The van der Waals surface area contributed by atoms with Crippen molar-refractivity contribution in [1.82, 2.24) is 24.5 Å². The molecule has 0 saturated carbocycles. The van der Waals surface area contributed by atoms with Gasteiger partial charge in [0.25, 0.3) is 21.6 Å². The first-order chi connectivity index (χ1) is 32.0. The Hall–Kier alpha value is -5.53. The number of rotatable bonds is 15. The summed E-state index contributed by atoms with van der Waals surface area (Å²) in [5, 5.41) is 16.9.